The molecule has 2 N–H and O–H groups in total. The highest BCUT2D eigenvalue weighted by Gasteiger charge is 2.45. The van der Waals surface area contributed by atoms with Crippen LogP contribution in [0.1, 0.15) is 26.3 Å². The second-order valence-corrected chi connectivity index (χ2v) is 7.99. The molecule has 0 amide bonds. The first-order valence-electron chi connectivity index (χ1n) is 5.95. The third-order valence-corrected chi connectivity index (χ3v) is 6.41. The molecular formula is C13H16Br3NO2. The van der Waals surface area contributed by atoms with Gasteiger partial charge in [0.2, 0.25) is 5.79 Å². The Hall–Kier alpha value is 0.540. The van der Waals surface area contributed by atoms with E-state index in [9.17, 15) is 5.11 Å². The predicted octanol–water partition coefficient (Wildman–Crippen LogP) is 3.91. The molecule has 0 saturated carbocycles. The summed E-state index contributed by atoms with van der Waals surface area (Å²) in [5.74, 6) is -1.33. The molecule has 1 aromatic rings. The molecule has 2 rings (SSSR count). The number of aliphatic hydroxyl groups is 1. The molecule has 1 heterocycles. The fourth-order valence-corrected chi connectivity index (χ4v) is 3.65. The first-order valence-corrected chi connectivity index (χ1v) is 8.33. The molecule has 1 aromatic carbocycles. The van der Waals surface area contributed by atoms with Crippen molar-refractivity contribution in [2.75, 3.05) is 6.61 Å². The van der Waals surface area contributed by atoms with E-state index in [1.54, 1.807) is 0 Å². The minimum absolute atomic E-state index is 0.143. The standard InChI is InChI=1S/C13H16Br3NO2/c1-7-13(18,19-6-12(2,3)17-7)8-4-9(14)11(16)10(15)5-8/h4-5,7,17-18H,6H2,1-3H3. The van der Waals surface area contributed by atoms with E-state index < -0.39 is 5.79 Å². The maximum Gasteiger partial charge on any atom is 0.208 e. The molecule has 106 valence electrons. The zero-order valence-corrected chi connectivity index (χ0v) is 15.7. The molecule has 3 nitrogen and oxygen atoms in total. The Morgan fingerprint density at radius 1 is 1.26 bits per heavy atom. The SMILES string of the molecule is CC1NC(C)(C)COC1(O)c1cc(Br)c(Br)c(Br)c1. The predicted molar refractivity (Wildman–Crippen MR) is 86.1 cm³/mol. The highest BCUT2D eigenvalue weighted by Crippen LogP contribution is 2.39. The maximum atomic E-state index is 10.8. The van der Waals surface area contributed by atoms with E-state index >= 15 is 0 Å². The summed E-state index contributed by atoms with van der Waals surface area (Å²) >= 11 is 10.4. The maximum absolute atomic E-state index is 10.8. The van der Waals surface area contributed by atoms with Gasteiger partial charge in [-0.1, -0.05) is 0 Å². The zero-order chi connectivity index (χ0) is 14.4. The summed E-state index contributed by atoms with van der Waals surface area (Å²) in [4.78, 5) is 0. The summed E-state index contributed by atoms with van der Waals surface area (Å²) < 4.78 is 8.41. The quantitative estimate of drug-likeness (QED) is 0.628. The van der Waals surface area contributed by atoms with Crippen molar-refractivity contribution in [3.05, 3.63) is 31.1 Å². The van der Waals surface area contributed by atoms with E-state index in [0.29, 0.717) is 12.2 Å². The van der Waals surface area contributed by atoms with Crippen molar-refractivity contribution in [2.45, 2.75) is 38.1 Å². The fourth-order valence-electron chi connectivity index (χ4n) is 2.24. The van der Waals surface area contributed by atoms with Crippen LogP contribution in [0.4, 0.5) is 0 Å². The van der Waals surface area contributed by atoms with Gasteiger partial charge in [0.1, 0.15) is 0 Å². The molecule has 1 fully saturated rings. The van der Waals surface area contributed by atoms with Gasteiger partial charge >= 0.3 is 0 Å². The van der Waals surface area contributed by atoms with Gasteiger partial charge in [-0.25, -0.2) is 0 Å². The van der Waals surface area contributed by atoms with Crippen molar-refractivity contribution < 1.29 is 9.84 Å². The van der Waals surface area contributed by atoms with Crippen molar-refractivity contribution in [2.24, 2.45) is 0 Å². The minimum Gasteiger partial charge on any atom is -0.361 e. The number of nitrogens with one attached hydrogen (secondary N) is 1. The number of morpholine rings is 1. The summed E-state index contributed by atoms with van der Waals surface area (Å²) in [5, 5.41) is 14.2. The van der Waals surface area contributed by atoms with Crippen molar-refractivity contribution in [1.82, 2.24) is 5.32 Å². The molecule has 0 bridgehead atoms. The van der Waals surface area contributed by atoms with Crippen LogP contribution in [0, 0.1) is 0 Å². The van der Waals surface area contributed by atoms with Gasteiger partial charge in [0, 0.05) is 24.5 Å². The van der Waals surface area contributed by atoms with Gasteiger partial charge in [0.05, 0.1) is 12.6 Å². The van der Waals surface area contributed by atoms with Gasteiger partial charge in [-0.2, -0.15) is 0 Å². The Bertz CT molecular complexity index is 484. The summed E-state index contributed by atoms with van der Waals surface area (Å²) in [6, 6.07) is 3.52. The summed E-state index contributed by atoms with van der Waals surface area (Å²) in [7, 11) is 0. The van der Waals surface area contributed by atoms with Crippen molar-refractivity contribution in [1.29, 1.82) is 0 Å². The molecule has 0 aliphatic carbocycles. The van der Waals surface area contributed by atoms with Crippen LogP contribution in [0.25, 0.3) is 0 Å². The third kappa shape index (κ3) is 3.09. The minimum atomic E-state index is -1.33. The lowest BCUT2D eigenvalue weighted by atomic mass is 9.93. The normalized spacial score (nSPS) is 30.4. The molecule has 19 heavy (non-hydrogen) atoms. The Morgan fingerprint density at radius 2 is 1.79 bits per heavy atom. The summed E-state index contributed by atoms with van der Waals surface area (Å²) in [5.41, 5.74) is 0.570. The molecule has 1 aliphatic heterocycles. The van der Waals surface area contributed by atoms with Crippen LogP contribution in [0.3, 0.4) is 0 Å². The van der Waals surface area contributed by atoms with E-state index in [1.165, 1.54) is 0 Å². The van der Waals surface area contributed by atoms with E-state index in [0.717, 1.165) is 13.4 Å². The van der Waals surface area contributed by atoms with Crippen LogP contribution >= 0.6 is 47.8 Å². The zero-order valence-electron chi connectivity index (χ0n) is 10.9. The molecule has 0 radical (unpaired) electrons. The van der Waals surface area contributed by atoms with Crippen molar-refractivity contribution in [3.63, 3.8) is 0 Å². The smallest absolute Gasteiger partial charge is 0.208 e. The van der Waals surface area contributed by atoms with Crippen LogP contribution in [0.5, 0.6) is 0 Å². The van der Waals surface area contributed by atoms with E-state index in [2.05, 4.69) is 67.0 Å². The monoisotopic (exact) mass is 455 g/mol. The van der Waals surface area contributed by atoms with Gasteiger partial charge in [-0.3, -0.25) is 0 Å². The molecular weight excluding hydrogens is 442 g/mol. The molecule has 2 atom stereocenters. The lowest BCUT2D eigenvalue weighted by molar-refractivity contribution is -0.263. The molecule has 1 saturated heterocycles. The van der Waals surface area contributed by atoms with Crippen molar-refractivity contribution in [3.8, 4) is 0 Å². The summed E-state index contributed by atoms with van der Waals surface area (Å²) in [6.45, 7) is 6.47. The van der Waals surface area contributed by atoms with Gasteiger partial charge < -0.3 is 15.2 Å². The first-order chi connectivity index (χ1) is 8.66. The second kappa shape index (κ2) is 5.39. The molecule has 0 spiro atoms. The molecule has 1 aliphatic rings. The Kier molecular flexibility index (Phi) is 4.51. The summed E-state index contributed by atoms with van der Waals surface area (Å²) in [6.07, 6.45) is 0. The largest absolute Gasteiger partial charge is 0.361 e. The van der Waals surface area contributed by atoms with Crippen LogP contribution in [0.15, 0.2) is 25.6 Å². The van der Waals surface area contributed by atoms with E-state index in [1.807, 2.05) is 19.1 Å². The lowest BCUT2D eigenvalue weighted by Gasteiger charge is -2.46. The Balaban J connectivity index is 2.41. The highest BCUT2D eigenvalue weighted by atomic mass is 79.9. The molecule has 6 heteroatoms. The fraction of sp³-hybridized carbons (Fsp3) is 0.538. The number of benzene rings is 1. The Morgan fingerprint density at radius 3 is 2.26 bits per heavy atom. The van der Waals surface area contributed by atoms with E-state index in [-0.39, 0.29) is 11.6 Å². The molecule has 2 unspecified atom stereocenters. The van der Waals surface area contributed by atoms with Gasteiger partial charge in [0.15, 0.2) is 0 Å². The van der Waals surface area contributed by atoms with E-state index in [4.69, 9.17) is 4.74 Å². The van der Waals surface area contributed by atoms with Crippen molar-refractivity contribution >= 4 is 47.8 Å². The average Bonchev–Trinajstić information content (AvgIpc) is 2.30. The molecule has 0 aromatic heterocycles. The first kappa shape index (κ1) is 15.9. The number of hydrogen-bond donors (Lipinski definition) is 2. The topological polar surface area (TPSA) is 41.5 Å². The Labute approximate surface area is 138 Å². The van der Waals surface area contributed by atoms with Gasteiger partial charge in [0.25, 0.3) is 0 Å². The number of ether oxygens (including phenoxy) is 1. The van der Waals surface area contributed by atoms with Crippen LogP contribution in [-0.2, 0) is 10.5 Å². The van der Waals surface area contributed by atoms with Crippen LogP contribution in [-0.4, -0.2) is 23.3 Å². The highest BCUT2D eigenvalue weighted by molar-refractivity contribution is 9.14. The van der Waals surface area contributed by atoms with Gasteiger partial charge in [-0.15, -0.1) is 0 Å². The van der Waals surface area contributed by atoms with Crippen LogP contribution in [0.2, 0.25) is 0 Å². The lowest BCUT2D eigenvalue weighted by Crippen LogP contribution is -2.63. The van der Waals surface area contributed by atoms with Crippen LogP contribution < -0.4 is 5.32 Å². The van der Waals surface area contributed by atoms with Gasteiger partial charge in [-0.05, 0) is 80.7 Å². The second-order valence-electron chi connectivity index (χ2n) is 5.49. The average molecular weight is 458 g/mol. The number of halogens is 3. The number of rotatable bonds is 1. The number of hydrogen-bond acceptors (Lipinski definition) is 3. The third-order valence-electron chi connectivity index (χ3n) is 3.24.